The molecule has 1 atom stereocenters. The first-order valence-electron chi connectivity index (χ1n) is 49.9. The molecule has 0 amide bonds. The van der Waals surface area contributed by atoms with Crippen LogP contribution in [0, 0.1) is 59.0 Å². The van der Waals surface area contributed by atoms with Gasteiger partial charge in [-0.2, -0.15) is 0 Å². The number of piperazine rings is 2. The highest BCUT2D eigenvalue weighted by Crippen LogP contribution is 2.37. The molecule has 5 fully saturated rings. The molecule has 6 aliphatic heterocycles. The molecule has 19 aromatic rings. The lowest BCUT2D eigenvalue weighted by atomic mass is 9.94. The van der Waals surface area contributed by atoms with Gasteiger partial charge in [0.1, 0.15) is 22.6 Å². The zero-order valence-corrected chi connectivity index (χ0v) is 83.2. The van der Waals surface area contributed by atoms with Crippen LogP contribution >= 0.6 is 0 Å². The van der Waals surface area contributed by atoms with Gasteiger partial charge in [0, 0.05) is 233 Å². The number of piperidine rings is 1. The smallest absolute Gasteiger partial charge is 0.258 e. The summed E-state index contributed by atoms with van der Waals surface area (Å²) in [6, 6.07) is 34.5. The molecule has 4 saturated heterocycles. The third-order valence-corrected chi connectivity index (χ3v) is 28.8. The summed E-state index contributed by atoms with van der Waals surface area (Å²) < 4.78 is 69.0. The van der Waals surface area contributed by atoms with Crippen molar-refractivity contribution in [3.8, 4) is 67.5 Å². The number of rotatable bonds is 13. The lowest BCUT2D eigenvalue weighted by molar-refractivity contribution is 0.231. The highest BCUT2D eigenvalue weighted by Gasteiger charge is 2.34. The number of benzene rings is 1. The monoisotopic (exact) mass is 1980 g/mol. The second-order valence-electron chi connectivity index (χ2n) is 39.0. The Morgan fingerprint density at radius 1 is 0.367 bits per heavy atom. The Kier molecular flexibility index (Phi) is 26.2. The lowest BCUT2D eigenvalue weighted by Gasteiger charge is -2.39. The minimum absolute atomic E-state index is 0.0840. The van der Waals surface area contributed by atoms with Crippen LogP contribution in [0.5, 0.6) is 11.5 Å². The van der Waals surface area contributed by atoms with Gasteiger partial charge in [-0.1, -0.05) is 12.2 Å². The van der Waals surface area contributed by atoms with Crippen molar-refractivity contribution in [2.24, 2.45) is 0 Å². The molecule has 0 radical (unpaired) electrons. The summed E-state index contributed by atoms with van der Waals surface area (Å²) in [6.07, 6.45) is 38.6. The largest absolute Gasteiger partial charge is 0.493 e. The second kappa shape index (κ2) is 40.2. The summed E-state index contributed by atoms with van der Waals surface area (Å²) in [5.74, 6) is 0.350. The molecule has 1 aromatic carbocycles. The zero-order chi connectivity index (χ0) is 101. The van der Waals surface area contributed by atoms with Gasteiger partial charge in [-0.25, -0.2) is 53.0 Å². The molecule has 18 aromatic heterocycles. The molecule has 0 spiro atoms. The number of pyridine rings is 7. The van der Waals surface area contributed by atoms with Crippen LogP contribution in [0.3, 0.4) is 0 Å². The molecule has 24 heterocycles. The summed E-state index contributed by atoms with van der Waals surface area (Å²) in [4.78, 5) is 121. The number of hydrogen-bond acceptors (Lipinski definition) is 24. The maximum absolute atomic E-state index is 14.5. The molecule has 36 heteroatoms. The molecule has 748 valence electrons. The molecular weight excluding hydrogens is 1870 g/mol. The third-order valence-electron chi connectivity index (χ3n) is 28.8. The molecule has 1 aliphatic carbocycles. The van der Waals surface area contributed by atoms with Crippen LogP contribution in [0.4, 0.5) is 24.5 Å². The van der Waals surface area contributed by atoms with E-state index in [0.29, 0.717) is 96.8 Å². The number of ether oxygens (including phenoxy) is 2. The summed E-state index contributed by atoms with van der Waals surface area (Å²) >= 11 is 0. The average Bonchev–Trinajstić information content (AvgIpc) is 1.75. The van der Waals surface area contributed by atoms with Crippen LogP contribution in [0.1, 0.15) is 108 Å². The Balaban J connectivity index is 0.000000104. The van der Waals surface area contributed by atoms with Gasteiger partial charge >= 0.3 is 0 Å². The van der Waals surface area contributed by atoms with Crippen LogP contribution in [0.15, 0.2) is 238 Å². The number of nitrogens with zero attached hydrogens (tertiary/aromatic N) is 24. The van der Waals surface area contributed by atoms with Crippen molar-refractivity contribution in [3.63, 3.8) is 0 Å². The highest BCUT2D eigenvalue weighted by molar-refractivity contribution is 5.75. The Morgan fingerprint density at radius 2 is 0.884 bits per heavy atom. The number of imidazole rings is 3. The molecule has 7 aliphatic rings. The summed E-state index contributed by atoms with van der Waals surface area (Å²) in [6.45, 7) is 25.3. The Labute approximate surface area is 841 Å². The molecule has 147 heavy (non-hydrogen) atoms. The molecule has 2 N–H and O–H groups in total. The van der Waals surface area contributed by atoms with Crippen molar-refractivity contribution in [1.29, 1.82) is 0 Å². The second-order valence-corrected chi connectivity index (χ2v) is 39.0. The number of likely N-dealkylation sites (N-methyl/N-ethyl adjacent to an activating group) is 1. The molecule has 0 unspecified atom stereocenters. The van der Waals surface area contributed by atoms with E-state index in [9.17, 15) is 37.1 Å². The number of halogens is 3. The third kappa shape index (κ3) is 19.9. The molecular formula is C111H111F3N26O7. The minimum atomic E-state index is -0.437. The van der Waals surface area contributed by atoms with Gasteiger partial charge < -0.3 is 52.4 Å². The maximum atomic E-state index is 14.5. The van der Waals surface area contributed by atoms with Crippen LogP contribution in [-0.4, -0.2) is 229 Å². The van der Waals surface area contributed by atoms with Crippen molar-refractivity contribution in [1.82, 2.24) is 115 Å². The summed E-state index contributed by atoms with van der Waals surface area (Å²) in [5.41, 5.74) is 22.9. The Morgan fingerprint density at radius 3 is 1.50 bits per heavy atom. The van der Waals surface area contributed by atoms with Crippen LogP contribution < -0.4 is 57.7 Å². The first kappa shape index (κ1) is 95.8. The maximum Gasteiger partial charge on any atom is 0.258 e. The van der Waals surface area contributed by atoms with E-state index in [-0.39, 0.29) is 33.4 Å². The van der Waals surface area contributed by atoms with E-state index >= 15 is 0 Å². The topological polar surface area (TPSA) is 313 Å². The Bertz CT molecular complexity index is 8820. The molecule has 1 saturated carbocycles. The number of fused-ring (bicyclic) bond motifs is 10. The van der Waals surface area contributed by atoms with Gasteiger partial charge in [-0.05, 0) is 228 Å². The number of hydrogen-bond donors (Lipinski definition) is 2. The van der Waals surface area contributed by atoms with Crippen molar-refractivity contribution in [2.75, 3.05) is 123 Å². The average molecular weight is 1980 g/mol. The number of anilines is 2. The van der Waals surface area contributed by atoms with Gasteiger partial charge in [-0.15, -0.1) is 0 Å². The molecule has 33 nitrogen and oxygen atoms in total. The minimum Gasteiger partial charge on any atom is -0.493 e. The van der Waals surface area contributed by atoms with E-state index < -0.39 is 17.5 Å². The van der Waals surface area contributed by atoms with E-state index in [4.69, 9.17) is 19.4 Å². The van der Waals surface area contributed by atoms with E-state index in [2.05, 4.69) is 100 Å². The first-order chi connectivity index (χ1) is 71.2. The Hall–Kier alpha value is -16.0. The van der Waals surface area contributed by atoms with Crippen molar-refractivity contribution in [3.05, 3.63) is 335 Å². The summed E-state index contributed by atoms with van der Waals surface area (Å²) in [7, 11) is 5.27. The lowest BCUT2D eigenvalue weighted by Crippen LogP contribution is -2.50. The standard InChI is InChI=1S/C24H28N4O3.C23H23FN6O.C22H20FN5O.C21H20FN5O.C21H20N6O/c1-16-11-19(27-10-9-26-8-4-5-18(26)14-27)15-28-23(29)13-20(25-24(16)28)17-6-7-21(30-2)22(12-17)31-3;1-15-12-29-13-16(10-19(24)23(29)25-15)20-11-22(31)30-14-18(4-5-21(30)26-20)28-8-6-27(7-9-28)17-2-3-17;1-14-11-27-12-17(9-18(23)22(27)24-14)16-3-4-20-25-19(10-21(29)28(20)13-16)15-5-7-26(2)8-6-15;1-13-10-26-11-16(8-17(22)21(26)24-13)15-2-3-19-25-18(9-20(28)27(19)12-15)14-4-6-23-7-5-14;1-13-10-26-11-16(7-19(26)14(2)24-13)17-8-21(28)27-12-18(23-9-20(27)25-17)15-3-5-22-6-4-15/h6-7,11-13,15,18H,4-5,8-10,14H2,1-3H3;4-5,10-14,17H,2-3,6-9H2,1H3;3-5,9-13H,6-8H2,1-2H3;2-3,8-12,14,23H,4-7H2,1H3;3,7-12,22H,4-6H2,1-2H3/t18-;;;;/m1..../s1. The highest BCUT2D eigenvalue weighted by atomic mass is 19.1. The van der Waals surface area contributed by atoms with Crippen LogP contribution in [0.2, 0.25) is 0 Å². The fourth-order valence-electron chi connectivity index (χ4n) is 20.9. The van der Waals surface area contributed by atoms with Crippen molar-refractivity contribution < 1.29 is 22.6 Å². The predicted octanol–water partition coefficient (Wildman–Crippen LogP) is 14.2. The van der Waals surface area contributed by atoms with Crippen LogP contribution in [0.25, 0.3) is 118 Å². The van der Waals surface area contributed by atoms with E-state index in [1.54, 1.807) is 121 Å². The zero-order valence-electron chi connectivity index (χ0n) is 83.2. The normalized spacial score (nSPS) is 16.4. The number of nitrogens with one attached hydrogen (secondary N) is 2. The SMILES string of the molecule is COc1ccc(-c2cc(=O)n3cc(N4CCN5CCC[C@@H]5C4)cc(C)c3n2)cc1OC.Cc1cn2cc(-c3cc(=O)n4cc(C5=CCNCC5)ncc4n3)cc2c(C)n1.Cc1cn2cc(-c3cc(=O)n4cc(N5CCN(C6CC6)CC5)ccc4n3)cc(F)c2n1.Cc1cn2cc(-c3ccc4nc(C5=CCN(C)CC5)cc(=O)n4c3)cc(F)c2n1.Cc1cn2cc(-c3ccc4nc(C5CCNCC5)cc(=O)n4c3)cc(F)c2n1. The first-order valence-corrected chi connectivity index (χ1v) is 49.9. The fourth-order valence-corrected chi connectivity index (χ4v) is 20.9. The van der Waals surface area contributed by atoms with Gasteiger partial charge in [-0.3, -0.25) is 65.7 Å². The fraction of sp³-hybridized carbons (Fsp3) is 0.306. The van der Waals surface area contributed by atoms with Crippen molar-refractivity contribution >= 4 is 73.2 Å². The van der Waals surface area contributed by atoms with Gasteiger partial charge in [0.2, 0.25) is 0 Å². The summed E-state index contributed by atoms with van der Waals surface area (Å²) in [5, 5.41) is 6.62. The van der Waals surface area contributed by atoms with Gasteiger partial charge in [0.05, 0.1) is 99.9 Å². The quantitative estimate of drug-likeness (QED) is 0.108. The van der Waals surface area contributed by atoms with E-state index in [1.807, 2.05) is 138 Å². The number of aromatic nitrogens is 19. The number of aryl methyl sites for hydroxylation is 6. The molecule has 0 bridgehead atoms. The van der Waals surface area contributed by atoms with E-state index in [1.165, 1.54) is 65.3 Å². The molecule has 26 rings (SSSR count). The predicted molar refractivity (Wildman–Crippen MR) is 563 cm³/mol. The van der Waals surface area contributed by atoms with Crippen LogP contribution in [-0.2, 0) is 0 Å². The van der Waals surface area contributed by atoms with Gasteiger partial charge in [0.15, 0.2) is 51.5 Å². The van der Waals surface area contributed by atoms with Gasteiger partial charge in [0.25, 0.3) is 27.8 Å². The van der Waals surface area contributed by atoms with Crippen molar-refractivity contribution in [2.45, 2.75) is 111 Å². The number of methoxy groups -OCH3 is 2. The van der Waals surface area contributed by atoms with E-state index in [0.717, 1.165) is 218 Å².